The van der Waals surface area contributed by atoms with E-state index in [1.165, 1.54) is 30.4 Å². The molecule has 2 aliphatic rings. The van der Waals surface area contributed by atoms with Crippen molar-refractivity contribution in [2.45, 2.75) is 19.0 Å². The van der Waals surface area contributed by atoms with Gasteiger partial charge in [0.15, 0.2) is 9.84 Å². The van der Waals surface area contributed by atoms with Crippen molar-refractivity contribution in [3.63, 3.8) is 0 Å². The number of aromatic nitrogens is 2. The summed E-state index contributed by atoms with van der Waals surface area (Å²) in [7, 11) is -3.27. The molecule has 0 N–H and O–H groups in total. The number of piperazine rings is 1. The van der Waals surface area contributed by atoms with Crippen molar-refractivity contribution in [1.82, 2.24) is 19.8 Å². The van der Waals surface area contributed by atoms with Gasteiger partial charge in [-0.05, 0) is 0 Å². The molecule has 9 heteroatoms. The van der Waals surface area contributed by atoms with Gasteiger partial charge in [0.05, 0.1) is 29.8 Å². The lowest BCUT2D eigenvalue weighted by Gasteiger charge is -2.43. The topological polar surface area (TPSA) is 101 Å². The van der Waals surface area contributed by atoms with E-state index in [-0.39, 0.29) is 29.0 Å². The molecule has 118 valence electrons. The first-order chi connectivity index (χ1) is 10.4. The van der Waals surface area contributed by atoms with Gasteiger partial charge in [-0.15, -0.1) is 0 Å². The summed E-state index contributed by atoms with van der Waals surface area (Å²) in [6.07, 6.45) is 4.24. The number of rotatable bonds is 1. The lowest BCUT2D eigenvalue weighted by molar-refractivity contribution is -0.133. The number of nitrogens with zero attached hydrogens (tertiary/aromatic N) is 4. The maximum absolute atomic E-state index is 12.6. The minimum absolute atomic E-state index is 0.0957. The summed E-state index contributed by atoms with van der Waals surface area (Å²) in [6.45, 7) is 2.05. The predicted molar refractivity (Wildman–Crippen MR) is 76.7 cm³/mol. The van der Waals surface area contributed by atoms with E-state index in [0.717, 1.165) is 0 Å². The van der Waals surface area contributed by atoms with Crippen LogP contribution in [0.3, 0.4) is 0 Å². The van der Waals surface area contributed by atoms with Gasteiger partial charge < -0.3 is 9.80 Å². The Kier molecular flexibility index (Phi) is 3.59. The van der Waals surface area contributed by atoms with E-state index in [1.54, 1.807) is 4.90 Å². The van der Waals surface area contributed by atoms with E-state index in [0.29, 0.717) is 13.1 Å². The molecule has 0 unspecified atom stereocenters. The van der Waals surface area contributed by atoms with Gasteiger partial charge in [-0.2, -0.15) is 0 Å². The Balaban J connectivity index is 1.91. The third kappa shape index (κ3) is 2.56. The van der Waals surface area contributed by atoms with Crippen LogP contribution in [0.1, 0.15) is 17.4 Å². The van der Waals surface area contributed by atoms with Crippen molar-refractivity contribution >= 4 is 21.7 Å². The molecule has 2 atom stereocenters. The van der Waals surface area contributed by atoms with Crippen LogP contribution in [0, 0.1) is 0 Å². The first-order valence-electron chi connectivity index (χ1n) is 6.94. The highest BCUT2D eigenvalue weighted by atomic mass is 32.2. The van der Waals surface area contributed by atoms with E-state index in [1.807, 2.05) is 0 Å². The summed E-state index contributed by atoms with van der Waals surface area (Å²) in [5.74, 6) is -0.725. The Morgan fingerprint density at radius 1 is 1.14 bits per heavy atom. The van der Waals surface area contributed by atoms with Crippen LogP contribution in [0.2, 0.25) is 0 Å². The Hall–Kier alpha value is -2.03. The van der Waals surface area contributed by atoms with E-state index in [2.05, 4.69) is 9.97 Å². The first kappa shape index (κ1) is 14.9. The van der Waals surface area contributed by atoms with Gasteiger partial charge in [-0.3, -0.25) is 14.6 Å². The third-order valence-corrected chi connectivity index (χ3v) is 5.82. The van der Waals surface area contributed by atoms with E-state index in [9.17, 15) is 18.0 Å². The highest BCUT2D eigenvalue weighted by Gasteiger charge is 2.49. The zero-order valence-corrected chi connectivity index (χ0v) is 12.9. The second-order valence-corrected chi connectivity index (χ2v) is 7.67. The predicted octanol–water partition coefficient (Wildman–Crippen LogP) is -1.05. The van der Waals surface area contributed by atoms with Gasteiger partial charge in [-0.25, -0.2) is 13.4 Å². The number of hydrogen-bond acceptors (Lipinski definition) is 6. The standard InChI is InChI=1S/C13H16N4O4S/c1-9(18)16-4-5-17(12-8-22(20,21)7-11(12)16)13(19)10-6-14-2-3-15-10/h2-3,6,11-12H,4-5,7-8H2,1H3/t11-,12+/m1/s1. The van der Waals surface area contributed by atoms with Crippen LogP contribution < -0.4 is 0 Å². The summed E-state index contributed by atoms with van der Waals surface area (Å²) in [4.78, 5) is 35.2. The van der Waals surface area contributed by atoms with Crippen molar-refractivity contribution < 1.29 is 18.0 Å². The zero-order chi connectivity index (χ0) is 15.9. The van der Waals surface area contributed by atoms with Crippen LogP contribution in [-0.2, 0) is 14.6 Å². The van der Waals surface area contributed by atoms with Gasteiger partial charge in [0.25, 0.3) is 5.91 Å². The van der Waals surface area contributed by atoms with Crippen molar-refractivity contribution in [2.24, 2.45) is 0 Å². The molecule has 1 aromatic heterocycles. The monoisotopic (exact) mass is 324 g/mol. The molecule has 2 fully saturated rings. The molecule has 0 radical (unpaired) electrons. The minimum atomic E-state index is -3.27. The van der Waals surface area contributed by atoms with Crippen LogP contribution in [0.4, 0.5) is 0 Å². The Labute approximate surface area is 128 Å². The molecule has 0 bridgehead atoms. The Morgan fingerprint density at radius 2 is 1.77 bits per heavy atom. The number of carbonyl (C=O) groups is 2. The Bertz CT molecular complexity index is 706. The number of fused-ring (bicyclic) bond motifs is 1. The lowest BCUT2D eigenvalue weighted by atomic mass is 10.0. The molecule has 0 aliphatic carbocycles. The normalized spacial score (nSPS) is 26.6. The molecule has 0 aromatic carbocycles. The fourth-order valence-electron chi connectivity index (χ4n) is 3.15. The van der Waals surface area contributed by atoms with Crippen molar-refractivity contribution in [3.05, 3.63) is 24.3 Å². The molecule has 2 aliphatic heterocycles. The molecule has 1 aromatic rings. The zero-order valence-electron chi connectivity index (χ0n) is 12.0. The maximum atomic E-state index is 12.6. The second-order valence-electron chi connectivity index (χ2n) is 5.51. The minimum Gasteiger partial charge on any atom is -0.335 e. The van der Waals surface area contributed by atoms with E-state index < -0.39 is 21.9 Å². The van der Waals surface area contributed by atoms with Crippen molar-refractivity contribution in [2.75, 3.05) is 24.6 Å². The molecular formula is C13H16N4O4S. The van der Waals surface area contributed by atoms with Crippen LogP contribution in [0.15, 0.2) is 18.6 Å². The molecule has 3 heterocycles. The maximum Gasteiger partial charge on any atom is 0.274 e. The number of hydrogen-bond donors (Lipinski definition) is 0. The second kappa shape index (κ2) is 5.31. The molecular weight excluding hydrogens is 308 g/mol. The summed E-state index contributed by atoms with van der Waals surface area (Å²) >= 11 is 0. The van der Waals surface area contributed by atoms with E-state index in [4.69, 9.17) is 0 Å². The number of amides is 2. The van der Waals surface area contributed by atoms with Crippen LogP contribution >= 0.6 is 0 Å². The first-order valence-corrected chi connectivity index (χ1v) is 8.76. The molecule has 3 rings (SSSR count). The van der Waals surface area contributed by atoms with Gasteiger partial charge in [0.2, 0.25) is 5.91 Å². The average molecular weight is 324 g/mol. The Morgan fingerprint density at radius 3 is 2.36 bits per heavy atom. The summed E-state index contributed by atoms with van der Waals surface area (Å²) in [6, 6.07) is -0.992. The SMILES string of the molecule is CC(=O)N1CCN(C(=O)c2cnccn2)[C@H]2CS(=O)(=O)C[C@H]21. The lowest BCUT2D eigenvalue weighted by Crippen LogP contribution is -2.61. The average Bonchev–Trinajstić information content (AvgIpc) is 2.80. The summed E-state index contributed by atoms with van der Waals surface area (Å²) < 4.78 is 23.9. The fourth-order valence-corrected chi connectivity index (χ4v) is 5.13. The van der Waals surface area contributed by atoms with Crippen LogP contribution in [0.25, 0.3) is 0 Å². The molecule has 2 saturated heterocycles. The van der Waals surface area contributed by atoms with Crippen LogP contribution in [0.5, 0.6) is 0 Å². The molecule has 0 spiro atoms. The highest BCUT2D eigenvalue weighted by Crippen LogP contribution is 2.27. The third-order valence-electron chi connectivity index (χ3n) is 4.12. The number of sulfone groups is 1. The summed E-state index contributed by atoms with van der Waals surface area (Å²) in [5, 5.41) is 0. The molecule has 0 saturated carbocycles. The summed E-state index contributed by atoms with van der Waals surface area (Å²) in [5.41, 5.74) is 0.182. The van der Waals surface area contributed by atoms with E-state index >= 15 is 0 Å². The molecule has 22 heavy (non-hydrogen) atoms. The highest BCUT2D eigenvalue weighted by molar-refractivity contribution is 7.91. The van der Waals surface area contributed by atoms with Crippen molar-refractivity contribution in [1.29, 1.82) is 0 Å². The van der Waals surface area contributed by atoms with Gasteiger partial charge >= 0.3 is 0 Å². The quantitative estimate of drug-likeness (QED) is 0.653. The fraction of sp³-hybridized carbons (Fsp3) is 0.538. The molecule has 2 amide bonds. The van der Waals surface area contributed by atoms with Crippen LogP contribution in [-0.4, -0.2) is 76.7 Å². The van der Waals surface area contributed by atoms with Gasteiger partial charge in [0, 0.05) is 32.4 Å². The molecule has 8 nitrogen and oxygen atoms in total. The van der Waals surface area contributed by atoms with Crippen molar-refractivity contribution in [3.8, 4) is 0 Å². The largest absolute Gasteiger partial charge is 0.335 e. The smallest absolute Gasteiger partial charge is 0.274 e. The number of carbonyl (C=O) groups excluding carboxylic acids is 2. The van der Waals surface area contributed by atoms with Gasteiger partial charge in [-0.1, -0.05) is 0 Å². The van der Waals surface area contributed by atoms with Gasteiger partial charge in [0.1, 0.15) is 5.69 Å².